The Bertz CT molecular complexity index is 652. The number of aromatic nitrogens is 4. The lowest BCUT2D eigenvalue weighted by atomic mass is 9.92. The van der Waals surface area contributed by atoms with Crippen LogP contribution in [0.25, 0.3) is 11.2 Å². The number of methoxy groups -OCH3 is 1. The van der Waals surface area contributed by atoms with Gasteiger partial charge in [-0.2, -0.15) is 4.98 Å². The molecule has 6 heteroatoms. The number of imidazole rings is 1. The first-order chi connectivity index (χ1) is 10.1. The summed E-state index contributed by atoms with van der Waals surface area (Å²) in [7, 11) is 1.61. The van der Waals surface area contributed by atoms with Crippen molar-refractivity contribution in [2.45, 2.75) is 45.6 Å². The summed E-state index contributed by atoms with van der Waals surface area (Å²) in [6, 6.07) is 0.433. The van der Waals surface area contributed by atoms with Crippen molar-refractivity contribution in [3.8, 4) is 5.88 Å². The van der Waals surface area contributed by atoms with Crippen molar-refractivity contribution in [3.63, 3.8) is 0 Å². The number of hydrogen-bond acceptors (Lipinski definition) is 4. The van der Waals surface area contributed by atoms with Crippen LogP contribution in [0.1, 0.15) is 45.0 Å². The molecule has 0 amide bonds. The van der Waals surface area contributed by atoms with Gasteiger partial charge in [-0.3, -0.25) is 0 Å². The highest BCUT2D eigenvalue weighted by atomic mass is 35.5. The number of fused-ring (bicyclic) bond motifs is 1. The number of ether oxygens (including phenoxy) is 1. The molecule has 2 aromatic rings. The van der Waals surface area contributed by atoms with Gasteiger partial charge in [0, 0.05) is 18.3 Å². The minimum Gasteiger partial charge on any atom is -0.479 e. The fourth-order valence-corrected chi connectivity index (χ4v) is 3.52. The average Bonchev–Trinajstić information content (AvgIpc) is 2.98. The first kappa shape index (κ1) is 14.6. The van der Waals surface area contributed by atoms with Gasteiger partial charge in [0.25, 0.3) is 0 Å². The van der Waals surface area contributed by atoms with Crippen molar-refractivity contribution < 1.29 is 4.74 Å². The van der Waals surface area contributed by atoms with E-state index in [1.54, 1.807) is 13.4 Å². The van der Waals surface area contributed by atoms with Gasteiger partial charge in [-0.05, 0) is 24.7 Å². The molecule has 2 heterocycles. The van der Waals surface area contributed by atoms with Gasteiger partial charge >= 0.3 is 0 Å². The Hall–Kier alpha value is -1.36. The van der Waals surface area contributed by atoms with Crippen LogP contribution in [0, 0.1) is 5.41 Å². The Kier molecular flexibility index (Phi) is 3.78. The van der Waals surface area contributed by atoms with Crippen LogP contribution in [0.5, 0.6) is 5.88 Å². The Labute approximate surface area is 129 Å². The van der Waals surface area contributed by atoms with E-state index in [2.05, 4.69) is 28.4 Å². The van der Waals surface area contributed by atoms with E-state index in [-0.39, 0.29) is 0 Å². The lowest BCUT2D eigenvalue weighted by Gasteiger charge is -2.19. The SMILES string of the molecule is COc1ncnc2c1nc(CCCl)n2C1CCC(C)(C)C1. The van der Waals surface area contributed by atoms with Gasteiger partial charge in [0.1, 0.15) is 12.2 Å². The Balaban J connectivity index is 2.13. The zero-order valence-electron chi connectivity index (χ0n) is 12.8. The van der Waals surface area contributed by atoms with Crippen molar-refractivity contribution in [1.29, 1.82) is 0 Å². The third-order valence-corrected chi connectivity index (χ3v) is 4.52. The zero-order chi connectivity index (χ0) is 15.0. The molecule has 0 aromatic carbocycles. The van der Waals surface area contributed by atoms with Crippen LogP contribution in [-0.4, -0.2) is 32.5 Å². The molecule has 0 saturated heterocycles. The van der Waals surface area contributed by atoms with Crippen LogP contribution in [-0.2, 0) is 6.42 Å². The molecule has 1 saturated carbocycles. The predicted molar refractivity (Wildman–Crippen MR) is 83.0 cm³/mol. The van der Waals surface area contributed by atoms with Crippen LogP contribution in [0.3, 0.4) is 0 Å². The fraction of sp³-hybridized carbons (Fsp3) is 0.667. The lowest BCUT2D eigenvalue weighted by Crippen LogP contribution is -2.13. The minimum atomic E-state index is 0.372. The van der Waals surface area contributed by atoms with Gasteiger partial charge in [0.05, 0.1) is 7.11 Å². The van der Waals surface area contributed by atoms with Crippen molar-refractivity contribution >= 4 is 22.8 Å². The molecular weight excluding hydrogens is 288 g/mol. The predicted octanol–water partition coefficient (Wildman–Crippen LogP) is 3.37. The second-order valence-electron chi connectivity index (χ2n) is 6.45. The van der Waals surface area contributed by atoms with Gasteiger partial charge < -0.3 is 9.30 Å². The van der Waals surface area contributed by atoms with Gasteiger partial charge in [-0.25, -0.2) is 9.97 Å². The average molecular weight is 309 g/mol. The summed E-state index contributed by atoms with van der Waals surface area (Å²) < 4.78 is 7.58. The maximum Gasteiger partial charge on any atom is 0.245 e. The summed E-state index contributed by atoms with van der Waals surface area (Å²) >= 11 is 5.95. The third-order valence-electron chi connectivity index (χ3n) is 4.34. The second-order valence-corrected chi connectivity index (χ2v) is 6.83. The highest BCUT2D eigenvalue weighted by Gasteiger charge is 2.34. The number of nitrogens with zero attached hydrogens (tertiary/aromatic N) is 4. The Morgan fingerprint density at radius 2 is 2.24 bits per heavy atom. The summed E-state index contributed by atoms with van der Waals surface area (Å²) in [6.07, 6.45) is 5.79. The van der Waals surface area contributed by atoms with E-state index in [1.807, 2.05) is 0 Å². The molecule has 1 aliphatic rings. The molecule has 21 heavy (non-hydrogen) atoms. The molecule has 114 valence electrons. The topological polar surface area (TPSA) is 52.8 Å². The number of halogens is 1. The first-order valence-corrected chi connectivity index (χ1v) is 7.91. The molecule has 0 spiro atoms. The summed E-state index contributed by atoms with van der Waals surface area (Å²) in [5.41, 5.74) is 1.98. The molecule has 0 bridgehead atoms. The van der Waals surface area contributed by atoms with Crippen LogP contribution in [0.15, 0.2) is 6.33 Å². The van der Waals surface area contributed by atoms with E-state index < -0.39 is 0 Å². The minimum absolute atomic E-state index is 0.372. The standard InChI is InChI=1S/C15H21ClN4O/c1-15(2)6-4-10(8-15)20-11(5-7-16)19-12-13(20)17-9-18-14(12)21-3/h9-10H,4-8H2,1-3H3. The van der Waals surface area contributed by atoms with Crippen molar-refractivity contribution in [1.82, 2.24) is 19.5 Å². The maximum absolute atomic E-state index is 5.95. The molecule has 1 atom stereocenters. The van der Waals surface area contributed by atoms with E-state index in [0.717, 1.165) is 36.3 Å². The second kappa shape index (κ2) is 5.44. The zero-order valence-corrected chi connectivity index (χ0v) is 13.5. The van der Waals surface area contributed by atoms with Gasteiger partial charge in [0.15, 0.2) is 11.2 Å². The lowest BCUT2D eigenvalue weighted by molar-refractivity contribution is 0.358. The van der Waals surface area contributed by atoms with E-state index in [9.17, 15) is 0 Å². The van der Waals surface area contributed by atoms with Gasteiger partial charge in [-0.1, -0.05) is 13.8 Å². The molecule has 1 aliphatic carbocycles. The largest absolute Gasteiger partial charge is 0.479 e. The Morgan fingerprint density at radius 1 is 1.43 bits per heavy atom. The third kappa shape index (κ3) is 2.59. The summed E-state index contributed by atoms with van der Waals surface area (Å²) in [5.74, 6) is 2.07. The fourth-order valence-electron chi connectivity index (χ4n) is 3.35. The van der Waals surface area contributed by atoms with Crippen LogP contribution in [0.4, 0.5) is 0 Å². The molecule has 1 fully saturated rings. The number of aryl methyl sites for hydroxylation is 1. The number of rotatable bonds is 4. The van der Waals surface area contributed by atoms with Gasteiger partial charge in [-0.15, -0.1) is 11.6 Å². The van der Waals surface area contributed by atoms with Crippen molar-refractivity contribution in [2.75, 3.05) is 13.0 Å². The monoisotopic (exact) mass is 308 g/mol. The van der Waals surface area contributed by atoms with E-state index >= 15 is 0 Å². The number of hydrogen-bond donors (Lipinski definition) is 0. The van der Waals surface area contributed by atoms with E-state index in [1.165, 1.54) is 6.42 Å². The van der Waals surface area contributed by atoms with E-state index in [4.69, 9.17) is 21.3 Å². The van der Waals surface area contributed by atoms with Crippen LogP contribution < -0.4 is 4.74 Å². The van der Waals surface area contributed by atoms with E-state index in [0.29, 0.717) is 23.2 Å². The van der Waals surface area contributed by atoms with Gasteiger partial charge in [0.2, 0.25) is 5.88 Å². The normalized spacial score (nSPS) is 21.0. The van der Waals surface area contributed by atoms with Crippen LogP contribution in [0.2, 0.25) is 0 Å². The quantitative estimate of drug-likeness (QED) is 0.813. The Morgan fingerprint density at radius 3 is 2.86 bits per heavy atom. The van der Waals surface area contributed by atoms with Crippen LogP contribution >= 0.6 is 11.6 Å². The molecule has 0 radical (unpaired) electrons. The summed E-state index contributed by atoms with van der Waals surface area (Å²) in [5, 5.41) is 0. The molecule has 0 N–H and O–H groups in total. The summed E-state index contributed by atoms with van der Waals surface area (Å²) in [4.78, 5) is 13.3. The molecule has 2 aromatic heterocycles. The highest BCUT2D eigenvalue weighted by Crippen LogP contribution is 2.45. The number of alkyl halides is 1. The molecular formula is C15H21ClN4O. The van der Waals surface area contributed by atoms with Crippen molar-refractivity contribution in [2.24, 2.45) is 5.41 Å². The smallest absolute Gasteiger partial charge is 0.245 e. The molecule has 1 unspecified atom stereocenters. The molecule has 3 rings (SSSR count). The maximum atomic E-state index is 5.95. The molecule has 0 aliphatic heterocycles. The van der Waals surface area contributed by atoms with Crippen molar-refractivity contribution in [3.05, 3.63) is 12.2 Å². The summed E-state index contributed by atoms with van der Waals surface area (Å²) in [6.45, 7) is 4.64. The first-order valence-electron chi connectivity index (χ1n) is 7.37. The highest BCUT2D eigenvalue weighted by molar-refractivity contribution is 6.17. The molecule has 5 nitrogen and oxygen atoms in total.